The molecule has 0 saturated heterocycles. The molecule has 1 unspecified atom stereocenters. The Kier molecular flexibility index (Phi) is 5.43. The largest absolute Gasteiger partial charge is 0.465 e. The molecule has 1 aromatic carbocycles. The van der Waals surface area contributed by atoms with Gasteiger partial charge < -0.3 is 10.1 Å². The number of aryl methyl sites for hydroxylation is 1. The summed E-state index contributed by atoms with van der Waals surface area (Å²) in [5, 5.41) is 3.10. The first-order valence-corrected chi connectivity index (χ1v) is 9.59. The van der Waals surface area contributed by atoms with Crippen LogP contribution in [0.25, 0.3) is 10.2 Å². The maximum atomic E-state index is 12.9. The number of hydrogen-bond acceptors (Lipinski definition) is 6. The quantitative estimate of drug-likeness (QED) is 0.615. The molecule has 2 heterocycles. The van der Waals surface area contributed by atoms with Gasteiger partial charge in [0.15, 0.2) is 0 Å². The van der Waals surface area contributed by atoms with Gasteiger partial charge in [-0.2, -0.15) is 0 Å². The monoisotopic (exact) mass is 449 g/mol. The van der Waals surface area contributed by atoms with Crippen molar-refractivity contribution in [3.63, 3.8) is 0 Å². The summed E-state index contributed by atoms with van der Waals surface area (Å²) < 4.78 is 6.90. The first-order chi connectivity index (χ1) is 12.8. The fourth-order valence-corrected chi connectivity index (χ4v) is 3.93. The lowest BCUT2D eigenvalue weighted by atomic mass is 10.2. The van der Waals surface area contributed by atoms with E-state index in [1.54, 1.807) is 26.0 Å². The highest BCUT2D eigenvalue weighted by atomic mass is 79.9. The van der Waals surface area contributed by atoms with Crippen LogP contribution in [0.1, 0.15) is 28.2 Å². The summed E-state index contributed by atoms with van der Waals surface area (Å²) in [6.07, 6.45) is 1.33. The molecule has 0 radical (unpaired) electrons. The fourth-order valence-electron chi connectivity index (χ4n) is 2.61. The molecule has 0 fully saturated rings. The number of halogens is 1. The zero-order valence-electron chi connectivity index (χ0n) is 14.8. The summed E-state index contributed by atoms with van der Waals surface area (Å²) in [5.74, 6) is -0.857. The number of benzene rings is 1. The van der Waals surface area contributed by atoms with Gasteiger partial charge in [-0.1, -0.05) is 15.9 Å². The number of aromatic nitrogens is 2. The van der Waals surface area contributed by atoms with Gasteiger partial charge >= 0.3 is 5.97 Å². The smallest absolute Gasteiger partial charge is 0.348 e. The van der Waals surface area contributed by atoms with Gasteiger partial charge in [-0.15, -0.1) is 11.3 Å². The minimum absolute atomic E-state index is 0.325. The van der Waals surface area contributed by atoms with Crippen LogP contribution < -0.4 is 10.9 Å². The third-order valence-electron chi connectivity index (χ3n) is 4.16. The van der Waals surface area contributed by atoms with Crippen molar-refractivity contribution >= 4 is 55.0 Å². The predicted octanol–water partition coefficient (Wildman–Crippen LogP) is 3.52. The molecule has 7 nitrogen and oxygen atoms in total. The minimum atomic E-state index is -0.779. The van der Waals surface area contributed by atoms with Crippen molar-refractivity contribution < 1.29 is 14.3 Å². The maximum Gasteiger partial charge on any atom is 0.348 e. The van der Waals surface area contributed by atoms with Crippen molar-refractivity contribution in [2.24, 2.45) is 0 Å². The number of hydrogen-bond donors (Lipinski definition) is 1. The summed E-state index contributed by atoms with van der Waals surface area (Å²) in [4.78, 5) is 42.3. The molecule has 140 valence electrons. The van der Waals surface area contributed by atoms with E-state index in [-0.39, 0.29) is 11.5 Å². The zero-order valence-corrected chi connectivity index (χ0v) is 17.2. The molecule has 27 heavy (non-hydrogen) atoms. The van der Waals surface area contributed by atoms with Gasteiger partial charge in [-0.3, -0.25) is 14.2 Å². The van der Waals surface area contributed by atoms with Crippen LogP contribution in [0.2, 0.25) is 0 Å². The molecule has 2 aromatic heterocycles. The Hall–Kier alpha value is -2.52. The van der Waals surface area contributed by atoms with E-state index in [1.165, 1.54) is 18.0 Å². The number of methoxy groups -OCH3 is 1. The molecule has 1 N–H and O–H groups in total. The number of carbonyl (C=O) groups is 2. The van der Waals surface area contributed by atoms with Gasteiger partial charge in [0.25, 0.3) is 5.56 Å². The number of thiophene rings is 1. The number of rotatable bonds is 4. The van der Waals surface area contributed by atoms with Crippen molar-refractivity contribution in [1.29, 1.82) is 0 Å². The molecular weight excluding hydrogens is 434 g/mol. The van der Waals surface area contributed by atoms with Crippen LogP contribution in [-0.2, 0) is 9.53 Å². The first kappa shape index (κ1) is 19.2. The summed E-state index contributed by atoms with van der Waals surface area (Å²) in [6.45, 7) is 3.29. The number of ether oxygens (including phenoxy) is 1. The minimum Gasteiger partial charge on any atom is -0.465 e. The molecule has 0 saturated carbocycles. The maximum absolute atomic E-state index is 12.9. The molecule has 1 amide bonds. The lowest BCUT2D eigenvalue weighted by Crippen LogP contribution is -2.31. The van der Waals surface area contributed by atoms with Crippen LogP contribution in [0.5, 0.6) is 0 Å². The van der Waals surface area contributed by atoms with Crippen LogP contribution >= 0.6 is 27.3 Å². The number of fused-ring (bicyclic) bond motifs is 1. The lowest BCUT2D eigenvalue weighted by Gasteiger charge is -2.15. The van der Waals surface area contributed by atoms with Gasteiger partial charge in [0.2, 0.25) is 5.91 Å². The van der Waals surface area contributed by atoms with E-state index in [1.807, 2.05) is 12.1 Å². The highest BCUT2D eigenvalue weighted by molar-refractivity contribution is 9.10. The third-order valence-corrected chi connectivity index (χ3v) is 5.86. The second-order valence-electron chi connectivity index (χ2n) is 5.86. The molecule has 0 aliphatic rings. The second-order valence-corrected chi connectivity index (χ2v) is 7.77. The molecule has 1 atom stereocenters. The normalized spacial score (nSPS) is 12.0. The molecule has 3 aromatic rings. The topological polar surface area (TPSA) is 90.3 Å². The number of nitrogens with zero attached hydrogens (tertiary/aromatic N) is 2. The average Bonchev–Trinajstić information content (AvgIpc) is 3.00. The van der Waals surface area contributed by atoms with E-state index in [2.05, 4.69) is 26.2 Å². The summed E-state index contributed by atoms with van der Waals surface area (Å²) in [6, 6.07) is 6.35. The van der Waals surface area contributed by atoms with Crippen molar-refractivity contribution in [3.05, 3.63) is 55.9 Å². The van der Waals surface area contributed by atoms with Crippen molar-refractivity contribution in [3.8, 4) is 0 Å². The summed E-state index contributed by atoms with van der Waals surface area (Å²) in [5.41, 5.74) is 0.758. The highest BCUT2D eigenvalue weighted by Crippen LogP contribution is 2.27. The second kappa shape index (κ2) is 7.61. The van der Waals surface area contributed by atoms with Gasteiger partial charge in [-0.05, 0) is 43.7 Å². The third kappa shape index (κ3) is 3.65. The van der Waals surface area contributed by atoms with E-state index in [0.29, 0.717) is 26.3 Å². The molecular formula is C18H16BrN3O4S. The summed E-state index contributed by atoms with van der Waals surface area (Å²) in [7, 11) is 1.28. The van der Waals surface area contributed by atoms with Crippen molar-refractivity contribution in [1.82, 2.24) is 9.55 Å². The molecule has 0 aliphatic carbocycles. The van der Waals surface area contributed by atoms with E-state index < -0.39 is 12.0 Å². The Labute approximate surface area is 167 Å². The summed E-state index contributed by atoms with van der Waals surface area (Å²) >= 11 is 4.44. The molecule has 3 rings (SSSR count). The fraction of sp³-hybridized carbons (Fsp3) is 0.222. The predicted molar refractivity (Wildman–Crippen MR) is 107 cm³/mol. The van der Waals surface area contributed by atoms with Gasteiger partial charge in [-0.25, -0.2) is 9.78 Å². The molecule has 0 aliphatic heterocycles. The van der Waals surface area contributed by atoms with E-state index >= 15 is 0 Å². The lowest BCUT2D eigenvalue weighted by molar-refractivity contribution is -0.118. The van der Waals surface area contributed by atoms with Crippen molar-refractivity contribution in [2.75, 3.05) is 12.4 Å². The number of esters is 1. The Morgan fingerprint density at radius 2 is 1.96 bits per heavy atom. The molecule has 9 heteroatoms. The number of amides is 1. The Balaban J connectivity index is 1.96. The highest BCUT2D eigenvalue weighted by Gasteiger charge is 2.23. The van der Waals surface area contributed by atoms with Crippen LogP contribution in [0.3, 0.4) is 0 Å². The first-order valence-electron chi connectivity index (χ1n) is 7.98. The van der Waals surface area contributed by atoms with Gasteiger partial charge in [0.05, 0.1) is 18.8 Å². The number of anilines is 1. The Bertz CT molecular complexity index is 1090. The van der Waals surface area contributed by atoms with E-state index in [9.17, 15) is 14.4 Å². The van der Waals surface area contributed by atoms with E-state index in [4.69, 9.17) is 4.74 Å². The molecule has 0 bridgehead atoms. The standard InChI is InChI=1S/C18H16BrN3O4S/c1-9-13-16(27-14(9)18(25)26-3)20-8-22(17(13)24)10(2)15(23)21-12-6-4-11(19)5-7-12/h4-8,10H,1-3H3,(H,21,23). The van der Waals surface area contributed by atoms with Crippen LogP contribution in [0.4, 0.5) is 5.69 Å². The number of carbonyl (C=O) groups excluding carboxylic acids is 2. The van der Waals surface area contributed by atoms with Gasteiger partial charge in [0, 0.05) is 10.2 Å². The SMILES string of the molecule is COC(=O)c1sc2ncn(C(C)C(=O)Nc3ccc(Br)cc3)c(=O)c2c1C. The van der Waals surface area contributed by atoms with Gasteiger partial charge in [0.1, 0.15) is 15.7 Å². The Morgan fingerprint density at radius 3 is 2.59 bits per heavy atom. The van der Waals surface area contributed by atoms with Crippen LogP contribution in [-0.4, -0.2) is 28.5 Å². The Morgan fingerprint density at radius 1 is 1.30 bits per heavy atom. The van der Waals surface area contributed by atoms with Crippen LogP contribution in [0.15, 0.2) is 39.9 Å². The van der Waals surface area contributed by atoms with Crippen molar-refractivity contribution in [2.45, 2.75) is 19.9 Å². The van der Waals surface area contributed by atoms with Crippen LogP contribution in [0, 0.1) is 6.92 Å². The molecule has 0 spiro atoms. The zero-order chi connectivity index (χ0) is 19.7. The average molecular weight is 450 g/mol. The number of nitrogens with one attached hydrogen (secondary N) is 1. The van der Waals surface area contributed by atoms with E-state index in [0.717, 1.165) is 15.8 Å².